The van der Waals surface area contributed by atoms with Crippen molar-refractivity contribution in [2.45, 2.75) is 55.5 Å². The normalized spacial score (nSPS) is 17.9. The van der Waals surface area contributed by atoms with E-state index in [4.69, 9.17) is 34.1 Å². The molecule has 1 fully saturated rings. The highest BCUT2D eigenvalue weighted by Gasteiger charge is 2.47. The summed E-state index contributed by atoms with van der Waals surface area (Å²) in [5.74, 6) is -5.85. The molecule has 1 aliphatic heterocycles. The molecule has 1 aromatic heterocycles. The maximum atomic E-state index is 15.7. The van der Waals surface area contributed by atoms with Crippen LogP contribution in [0.1, 0.15) is 37.0 Å². The zero-order valence-corrected chi connectivity index (χ0v) is 30.6. The van der Waals surface area contributed by atoms with Gasteiger partial charge in [-0.3, -0.25) is 4.79 Å². The van der Waals surface area contributed by atoms with Crippen LogP contribution in [0.2, 0.25) is 0 Å². The van der Waals surface area contributed by atoms with E-state index in [-0.39, 0.29) is 36.4 Å². The third-order valence-corrected chi connectivity index (χ3v) is 9.15. The molecule has 56 heavy (non-hydrogen) atoms. The molecular weight excluding hydrogens is 765 g/mol. The van der Waals surface area contributed by atoms with Crippen molar-refractivity contribution in [3.63, 3.8) is 0 Å². The van der Waals surface area contributed by atoms with E-state index in [0.717, 1.165) is 25.1 Å². The van der Waals surface area contributed by atoms with Gasteiger partial charge < -0.3 is 33.5 Å². The molecule has 2 heterocycles. The van der Waals surface area contributed by atoms with Crippen LogP contribution in [0.4, 0.5) is 18.0 Å². The average Bonchev–Trinajstić information content (AvgIpc) is 3.66. The number of esters is 2. The van der Waals surface area contributed by atoms with Gasteiger partial charge in [0, 0.05) is 41.5 Å². The molecule has 15 nitrogen and oxygen atoms in total. The molecule has 1 saturated heterocycles. The summed E-state index contributed by atoms with van der Waals surface area (Å²) in [6.45, 7) is 2.27. The van der Waals surface area contributed by atoms with Gasteiger partial charge in [-0.1, -0.05) is 24.3 Å². The number of carboxylic acids is 1. The second-order valence-electron chi connectivity index (χ2n) is 11.8. The van der Waals surface area contributed by atoms with Crippen molar-refractivity contribution >= 4 is 41.9 Å². The Hall–Kier alpha value is -5.97. The summed E-state index contributed by atoms with van der Waals surface area (Å²) in [6.07, 6.45) is 5.91. The molecule has 296 valence electrons. The second-order valence-corrected chi connectivity index (χ2v) is 13.4. The first-order valence-corrected chi connectivity index (χ1v) is 17.6. The highest BCUT2D eigenvalue weighted by atomic mass is 32.2. The molecule has 0 saturated carbocycles. The van der Waals surface area contributed by atoms with E-state index in [1.807, 2.05) is 6.07 Å². The van der Waals surface area contributed by atoms with Gasteiger partial charge in [-0.05, 0) is 37.3 Å². The number of carbonyl (C=O) groups is 4. The van der Waals surface area contributed by atoms with Crippen LogP contribution in [0.25, 0.3) is 6.08 Å². The number of nitriles is 1. The van der Waals surface area contributed by atoms with Crippen molar-refractivity contribution in [1.29, 1.82) is 5.26 Å². The van der Waals surface area contributed by atoms with Crippen LogP contribution < -0.4 is 0 Å². The number of rotatable bonds is 17. The predicted octanol–water partition coefficient (Wildman–Crippen LogP) is 5.21. The Balaban J connectivity index is 1.45. The second kappa shape index (κ2) is 20.6. The number of nitrogens with zero attached hydrogens (tertiary/aromatic N) is 4. The number of thioether (sulfide) groups is 1. The number of halogens is 3. The van der Waals surface area contributed by atoms with Gasteiger partial charge in [-0.15, -0.1) is 11.8 Å². The molecule has 0 amide bonds. The number of hydrogen-bond acceptors (Lipinski definition) is 14. The van der Waals surface area contributed by atoms with Crippen LogP contribution in [-0.2, 0) is 55.0 Å². The zero-order valence-electron chi connectivity index (χ0n) is 29.8. The fraction of sp³-hybridized carbons (Fsp3) is 0.324. The molecule has 0 aliphatic carbocycles. The lowest BCUT2D eigenvalue weighted by molar-refractivity contribution is -0.166. The van der Waals surface area contributed by atoms with Crippen molar-refractivity contribution in [3.05, 3.63) is 114 Å². The number of hydrogen-bond donors (Lipinski definition) is 1. The van der Waals surface area contributed by atoms with Gasteiger partial charge in [0.15, 0.2) is 11.9 Å². The van der Waals surface area contributed by atoms with E-state index in [2.05, 4.69) is 14.8 Å². The number of benzene rings is 2. The summed E-state index contributed by atoms with van der Waals surface area (Å²) < 4.78 is 77.5. The Labute approximate surface area is 322 Å². The van der Waals surface area contributed by atoms with Crippen LogP contribution in [0.15, 0.2) is 79.4 Å². The molecule has 4 rings (SSSR count). The van der Waals surface area contributed by atoms with Crippen molar-refractivity contribution in [3.8, 4) is 6.07 Å². The molecular formula is C37H35F3N4O11S. The lowest BCUT2D eigenvalue weighted by Crippen LogP contribution is -2.47. The van der Waals surface area contributed by atoms with E-state index in [1.54, 1.807) is 25.2 Å². The molecule has 2 aromatic carbocycles. The van der Waals surface area contributed by atoms with E-state index < -0.39 is 83.2 Å². The van der Waals surface area contributed by atoms with Crippen molar-refractivity contribution in [1.82, 2.24) is 14.8 Å². The minimum absolute atomic E-state index is 0.126. The minimum atomic E-state index is -1.97. The number of allylic oxidation sites excluding steroid dienone is 2. The largest absolute Gasteiger partial charge is 0.512 e. The van der Waals surface area contributed by atoms with Crippen LogP contribution in [0.3, 0.4) is 0 Å². The van der Waals surface area contributed by atoms with Crippen LogP contribution in [0.5, 0.6) is 0 Å². The van der Waals surface area contributed by atoms with Crippen molar-refractivity contribution < 1.29 is 65.9 Å². The molecule has 3 atom stereocenters. The molecule has 1 aliphatic rings. The molecule has 19 heteroatoms. The summed E-state index contributed by atoms with van der Waals surface area (Å²) in [7, 11) is 0. The number of carbonyl (C=O) groups excluding carboxylic acids is 3. The SMILES string of the molecule is CC(OC(=O)/C=C/C(=O)OCCC(=O)O)OC(=O)O[C@@](Cn1cncn1)(c1ccc(F)cc1F)[C@@H](C)SC1COC(/C=C/C=C/c2ccc(C#N)cc2F)OC1. The smallest absolute Gasteiger partial charge is 0.481 e. The highest BCUT2D eigenvalue weighted by molar-refractivity contribution is 8.00. The van der Waals surface area contributed by atoms with Gasteiger partial charge in [0.25, 0.3) is 0 Å². The summed E-state index contributed by atoms with van der Waals surface area (Å²) >= 11 is 1.20. The van der Waals surface area contributed by atoms with Crippen LogP contribution in [0, 0.1) is 28.8 Å². The molecule has 1 unspecified atom stereocenters. The zero-order chi connectivity index (χ0) is 40.7. The van der Waals surface area contributed by atoms with E-state index in [1.165, 1.54) is 47.3 Å². The number of aromatic nitrogens is 3. The Morgan fingerprint density at radius 1 is 1.05 bits per heavy atom. The molecule has 0 bridgehead atoms. The van der Waals surface area contributed by atoms with Crippen LogP contribution in [-0.4, -0.2) is 86.8 Å². The maximum absolute atomic E-state index is 15.7. The first-order chi connectivity index (χ1) is 26.8. The first-order valence-electron chi connectivity index (χ1n) is 16.7. The van der Waals surface area contributed by atoms with Gasteiger partial charge in [-0.2, -0.15) is 10.4 Å². The lowest BCUT2D eigenvalue weighted by atomic mass is 9.89. The predicted molar refractivity (Wildman–Crippen MR) is 189 cm³/mol. The molecule has 1 N–H and O–H groups in total. The van der Waals surface area contributed by atoms with Crippen molar-refractivity contribution in [2.75, 3.05) is 19.8 Å². The minimum Gasteiger partial charge on any atom is -0.481 e. The van der Waals surface area contributed by atoms with Gasteiger partial charge in [0.05, 0.1) is 43.1 Å². The molecule has 3 aromatic rings. The summed E-state index contributed by atoms with van der Waals surface area (Å²) in [4.78, 5) is 51.7. The van der Waals surface area contributed by atoms with Crippen LogP contribution >= 0.6 is 11.8 Å². The summed E-state index contributed by atoms with van der Waals surface area (Å²) in [5, 5.41) is 20.3. The van der Waals surface area contributed by atoms with Gasteiger partial charge in [0.1, 0.15) is 36.7 Å². The van der Waals surface area contributed by atoms with Gasteiger partial charge in [0.2, 0.25) is 6.29 Å². The first kappa shape index (κ1) is 42.8. The topological polar surface area (TPSA) is 198 Å². The molecule has 0 radical (unpaired) electrons. The fourth-order valence-corrected chi connectivity index (χ4v) is 6.44. The quantitative estimate of drug-likeness (QED) is 0.0613. The lowest BCUT2D eigenvalue weighted by Gasteiger charge is -2.40. The molecule has 0 spiro atoms. The fourth-order valence-electron chi connectivity index (χ4n) is 5.08. The number of ether oxygens (including phenoxy) is 6. The van der Waals surface area contributed by atoms with Gasteiger partial charge >= 0.3 is 24.1 Å². The Morgan fingerprint density at radius 2 is 1.80 bits per heavy atom. The average molecular weight is 801 g/mol. The standard InChI is InChI=1S/C37H35F3N4O11S/c1-23(56-28-18-51-35(52-19-28)6-4-3-5-26-8-7-25(17-41)15-30(26)39)37(20-44-22-42-21-43-44,29-10-9-27(38)16-31(29)40)55-36(49)54-24(2)53-34(48)12-11-33(47)50-14-13-32(45)46/h3-12,15-16,21-24,28,35H,13-14,18-20H2,1-2H3,(H,45,46)/b5-3+,6-4+,12-11+/t23-,24?,28?,35?,37-/m1/s1. The monoisotopic (exact) mass is 800 g/mol. The summed E-state index contributed by atoms with van der Waals surface area (Å²) in [6, 6.07) is 8.69. The number of aliphatic carboxylic acids is 1. The highest BCUT2D eigenvalue weighted by Crippen LogP contribution is 2.42. The Morgan fingerprint density at radius 3 is 2.46 bits per heavy atom. The van der Waals surface area contributed by atoms with E-state index in [9.17, 15) is 28.0 Å². The third kappa shape index (κ3) is 12.8. The number of carboxylic acid groups (broad SMARTS) is 1. The maximum Gasteiger partial charge on any atom is 0.512 e. The Kier molecular flexibility index (Phi) is 15.8. The Bertz CT molecular complexity index is 1980. The summed E-state index contributed by atoms with van der Waals surface area (Å²) in [5.41, 5.74) is -1.74. The van der Waals surface area contributed by atoms with Crippen molar-refractivity contribution in [2.24, 2.45) is 0 Å². The van der Waals surface area contributed by atoms with Gasteiger partial charge in [-0.25, -0.2) is 37.2 Å². The third-order valence-electron chi connectivity index (χ3n) is 7.71. The van der Waals surface area contributed by atoms with E-state index >= 15 is 4.39 Å². The van der Waals surface area contributed by atoms with E-state index in [0.29, 0.717) is 18.2 Å².